The van der Waals surface area contributed by atoms with Crippen molar-refractivity contribution in [2.45, 2.75) is 43.9 Å². The highest BCUT2D eigenvalue weighted by Crippen LogP contribution is 2.66. The zero-order chi connectivity index (χ0) is 35.6. The third-order valence-corrected chi connectivity index (χ3v) is 13.9. The Labute approximate surface area is 320 Å². The van der Waals surface area contributed by atoms with Crippen molar-refractivity contribution >= 4 is 17.1 Å². The number of fused-ring (bicyclic) bond motifs is 8. The van der Waals surface area contributed by atoms with Crippen LogP contribution in [-0.4, -0.2) is 0 Å². The topological polar surface area (TPSA) is 3.24 Å². The Bertz CT molecular complexity index is 2360. The molecule has 0 amide bonds. The van der Waals surface area contributed by atoms with Gasteiger partial charge in [0.05, 0.1) is 0 Å². The smallest absolute Gasteiger partial charge is 0.0462 e. The third kappa shape index (κ3) is 5.12. The second kappa shape index (κ2) is 12.7. The summed E-state index contributed by atoms with van der Waals surface area (Å²) in [5.74, 6) is 3.57. The van der Waals surface area contributed by atoms with Crippen LogP contribution in [-0.2, 0) is 5.41 Å². The third-order valence-electron chi connectivity index (χ3n) is 13.9. The van der Waals surface area contributed by atoms with Gasteiger partial charge >= 0.3 is 0 Å². The van der Waals surface area contributed by atoms with Crippen LogP contribution in [0, 0.1) is 23.7 Å². The Hall–Kier alpha value is -5.66. The predicted molar refractivity (Wildman–Crippen MR) is 225 cm³/mol. The molecule has 1 spiro atoms. The number of anilines is 3. The zero-order valence-electron chi connectivity index (χ0n) is 30.7. The van der Waals surface area contributed by atoms with Crippen LogP contribution in [0.15, 0.2) is 176 Å². The summed E-state index contributed by atoms with van der Waals surface area (Å²) in [6.45, 7) is 0. The Morgan fingerprint density at radius 1 is 0.389 bits per heavy atom. The summed E-state index contributed by atoms with van der Waals surface area (Å²) in [5.41, 5.74) is 17.3. The van der Waals surface area contributed by atoms with E-state index < -0.39 is 0 Å². The molecule has 0 heterocycles. The summed E-state index contributed by atoms with van der Waals surface area (Å²) < 4.78 is 0. The molecule has 0 aliphatic heterocycles. The van der Waals surface area contributed by atoms with Gasteiger partial charge in [0.1, 0.15) is 0 Å². The second-order valence-corrected chi connectivity index (χ2v) is 16.6. The first-order valence-electron chi connectivity index (χ1n) is 20.2. The number of nitrogens with zero attached hydrogens (tertiary/aromatic N) is 1. The average Bonchev–Trinajstić information content (AvgIpc) is 3.52. The standard InChI is InChI=1S/C53H45N/c1-3-9-37(10-4-1)39-17-24-46(25-18-39)54(47-26-19-40(20-27-47)38-11-5-2-6-12-38)48-28-21-41(22-29-48)42-23-30-52-50(34-42)49-13-7-8-14-51(49)53(52)35-43-16-15-36-31-44(43)33-45(53)32-36/h1-14,17-30,34,36,43-45H,15-16,31-33,35H2. The summed E-state index contributed by atoms with van der Waals surface area (Å²) >= 11 is 0. The fourth-order valence-corrected chi connectivity index (χ4v) is 11.4. The van der Waals surface area contributed by atoms with E-state index in [4.69, 9.17) is 0 Å². The van der Waals surface area contributed by atoms with Crippen molar-refractivity contribution in [3.05, 3.63) is 187 Å². The lowest BCUT2D eigenvalue weighted by atomic mass is 9.47. The molecule has 54 heavy (non-hydrogen) atoms. The van der Waals surface area contributed by atoms with Crippen LogP contribution in [0.4, 0.5) is 17.1 Å². The molecule has 0 aromatic heterocycles. The van der Waals surface area contributed by atoms with E-state index in [1.54, 1.807) is 11.1 Å². The first-order valence-corrected chi connectivity index (χ1v) is 20.2. The Morgan fingerprint density at radius 3 is 1.50 bits per heavy atom. The van der Waals surface area contributed by atoms with Crippen molar-refractivity contribution < 1.29 is 0 Å². The van der Waals surface area contributed by atoms with E-state index in [-0.39, 0.29) is 5.41 Å². The van der Waals surface area contributed by atoms with Gasteiger partial charge in [-0.05, 0) is 154 Å². The summed E-state index contributed by atoms with van der Waals surface area (Å²) in [5, 5.41) is 0. The van der Waals surface area contributed by atoms with Crippen molar-refractivity contribution in [3.8, 4) is 44.5 Å². The van der Waals surface area contributed by atoms with Crippen molar-refractivity contribution in [1.82, 2.24) is 0 Å². The first kappa shape index (κ1) is 31.8. The van der Waals surface area contributed by atoms with Crippen LogP contribution in [0.5, 0.6) is 0 Å². The van der Waals surface area contributed by atoms with Gasteiger partial charge in [-0.15, -0.1) is 0 Å². The van der Waals surface area contributed by atoms with Crippen molar-refractivity contribution in [1.29, 1.82) is 0 Å². The molecule has 0 saturated heterocycles. The van der Waals surface area contributed by atoms with Gasteiger partial charge < -0.3 is 4.90 Å². The monoisotopic (exact) mass is 695 g/mol. The van der Waals surface area contributed by atoms with Gasteiger partial charge in [0.2, 0.25) is 0 Å². The molecular weight excluding hydrogens is 651 g/mol. The number of benzene rings is 7. The minimum absolute atomic E-state index is 0.196. The molecule has 7 aromatic rings. The van der Waals surface area contributed by atoms with Gasteiger partial charge in [-0.1, -0.05) is 140 Å². The highest BCUT2D eigenvalue weighted by atomic mass is 15.1. The average molecular weight is 696 g/mol. The van der Waals surface area contributed by atoms with Crippen LogP contribution in [0.3, 0.4) is 0 Å². The van der Waals surface area contributed by atoms with E-state index in [0.29, 0.717) is 0 Å². The van der Waals surface area contributed by atoms with Gasteiger partial charge in [0, 0.05) is 22.5 Å². The van der Waals surface area contributed by atoms with Crippen molar-refractivity contribution in [2.75, 3.05) is 4.90 Å². The lowest BCUT2D eigenvalue weighted by Crippen LogP contribution is -2.50. The van der Waals surface area contributed by atoms with Crippen LogP contribution in [0.25, 0.3) is 44.5 Å². The zero-order valence-corrected chi connectivity index (χ0v) is 30.7. The maximum absolute atomic E-state index is 2.54. The van der Waals surface area contributed by atoms with E-state index in [2.05, 4.69) is 181 Å². The fourth-order valence-electron chi connectivity index (χ4n) is 11.4. The first-order chi connectivity index (χ1) is 26.7. The lowest BCUT2D eigenvalue weighted by molar-refractivity contribution is -0.0103. The Kier molecular flexibility index (Phi) is 7.51. The summed E-state index contributed by atoms with van der Waals surface area (Å²) in [4.78, 5) is 2.38. The highest BCUT2D eigenvalue weighted by Gasteiger charge is 2.57. The molecule has 0 radical (unpaired) electrons. The second-order valence-electron chi connectivity index (χ2n) is 16.6. The number of rotatable bonds is 6. The van der Waals surface area contributed by atoms with E-state index >= 15 is 0 Å². The summed E-state index contributed by atoms with van der Waals surface area (Å²) in [6, 6.07) is 65.4. The molecule has 11 rings (SSSR count). The molecule has 5 unspecified atom stereocenters. The molecule has 1 nitrogen and oxygen atoms in total. The molecule has 7 aromatic carbocycles. The number of hydrogen-bond acceptors (Lipinski definition) is 1. The summed E-state index contributed by atoms with van der Waals surface area (Å²) in [6.07, 6.45) is 8.60. The number of hydrogen-bond donors (Lipinski definition) is 0. The molecular formula is C53H45N. The van der Waals surface area contributed by atoms with Crippen LogP contribution in [0.1, 0.15) is 49.7 Å². The minimum Gasteiger partial charge on any atom is -0.311 e. The maximum atomic E-state index is 2.54. The van der Waals surface area contributed by atoms with Crippen molar-refractivity contribution in [2.24, 2.45) is 23.7 Å². The van der Waals surface area contributed by atoms with Crippen LogP contribution in [0.2, 0.25) is 0 Å². The SMILES string of the molecule is c1ccc(-c2ccc(N(c3ccc(-c4ccccc4)cc3)c3ccc(-c4ccc5c(c4)-c4ccccc4C54CC5CCC6CC5CC4C6)cc3)cc2)cc1. The summed E-state index contributed by atoms with van der Waals surface area (Å²) in [7, 11) is 0. The van der Waals surface area contributed by atoms with Gasteiger partial charge in [0.15, 0.2) is 0 Å². The van der Waals surface area contributed by atoms with E-state index in [0.717, 1.165) is 40.7 Å². The van der Waals surface area contributed by atoms with Crippen molar-refractivity contribution in [3.63, 3.8) is 0 Å². The molecule has 3 bridgehead atoms. The van der Waals surface area contributed by atoms with Crippen LogP contribution >= 0.6 is 0 Å². The highest BCUT2D eigenvalue weighted by molar-refractivity contribution is 5.86. The van der Waals surface area contributed by atoms with Gasteiger partial charge in [-0.2, -0.15) is 0 Å². The minimum atomic E-state index is 0.196. The molecule has 0 N–H and O–H groups in total. The molecule has 4 aliphatic carbocycles. The maximum Gasteiger partial charge on any atom is 0.0462 e. The van der Waals surface area contributed by atoms with E-state index in [9.17, 15) is 0 Å². The quantitative estimate of drug-likeness (QED) is 0.167. The fraction of sp³-hybridized carbons (Fsp3) is 0.208. The van der Waals surface area contributed by atoms with Gasteiger partial charge in [-0.3, -0.25) is 0 Å². The molecule has 262 valence electrons. The molecule has 4 aliphatic rings. The lowest BCUT2D eigenvalue weighted by Gasteiger charge is -2.57. The Morgan fingerprint density at radius 2 is 0.889 bits per heavy atom. The Balaban J connectivity index is 0.956. The molecule has 1 heteroatoms. The van der Waals surface area contributed by atoms with Gasteiger partial charge in [-0.25, -0.2) is 0 Å². The molecule has 3 saturated carbocycles. The van der Waals surface area contributed by atoms with Gasteiger partial charge in [0.25, 0.3) is 0 Å². The van der Waals surface area contributed by atoms with E-state index in [1.165, 1.54) is 83.0 Å². The van der Waals surface area contributed by atoms with E-state index in [1.807, 2.05) is 0 Å². The largest absolute Gasteiger partial charge is 0.311 e. The predicted octanol–water partition coefficient (Wildman–Crippen LogP) is 14.3. The normalized spacial score (nSPS) is 23.2. The van der Waals surface area contributed by atoms with Crippen LogP contribution < -0.4 is 4.90 Å². The molecule has 5 atom stereocenters. The molecule has 3 fully saturated rings.